The molecule has 80 valence electrons. The molecule has 2 aliphatic rings. The van der Waals surface area contributed by atoms with E-state index in [0.717, 1.165) is 0 Å². The first-order chi connectivity index (χ1) is 6.63. The Morgan fingerprint density at radius 1 is 1.36 bits per heavy atom. The van der Waals surface area contributed by atoms with Crippen molar-refractivity contribution < 1.29 is 24.8 Å². The molecular formula is C7H11NO5S. The fraction of sp³-hybridized carbons (Fsp3) is 0.857. The summed E-state index contributed by atoms with van der Waals surface area (Å²) in [6, 6.07) is 0. The third-order valence-electron chi connectivity index (χ3n) is 2.37. The van der Waals surface area contributed by atoms with Crippen molar-refractivity contribution in [3.05, 3.63) is 0 Å². The molecule has 5 unspecified atom stereocenters. The van der Waals surface area contributed by atoms with E-state index in [9.17, 15) is 10.2 Å². The maximum atomic E-state index is 9.60. The molecule has 6 nitrogen and oxygen atoms in total. The van der Waals surface area contributed by atoms with E-state index < -0.39 is 30.6 Å². The molecule has 4 N–H and O–H groups in total. The quantitative estimate of drug-likeness (QED) is 0.370. The fourth-order valence-electron chi connectivity index (χ4n) is 1.61. The van der Waals surface area contributed by atoms with Gasteiger partial charge < -0.3 is 30.1 Å². The third-order valence-corrected chi connectivity index (χ3v) is 2.58. The fourth-order valence-corrected chi connectivity index (χ4v) is 1.84. The zero-order valence-corrected chi connectivity index (χ0v) is 7.98. The van der Waals surface area contributed by atoms with Crippen LogP contribution in [0.3, 0.4) is 0 Å². The second-order valence-electron chi connectivity index (χ2n) is 3.27. The molecular weight excluding hydrogens is 210 g/mol. The van der Waals surface area contributed by atoms with Crippen molar-refractivity contribution in [1.29, 1.82) is 0 Å². The number of hydrogen-bond donors (Lipinski definition) is 4. The normalized spacial score (nSPS) is 46.8. The van der Waals surface area contributed by atoms with Crippen LogP contribution in [0.1, 0.15) is 0 Å². The van der Waals surface area contributed by atoms with E-state index in [1.54, 1.807) is 0 Å². The van der Waals surface area contributed by atoms with Gasteiger partial charge in [-0.3, -0.25) is 0 Å². The molecule has 2 saturated heterocycles. The highest BCUT2D eigenvalue weighted by molar-refractivity contribution is 7.80. The zero-order chi connectivity index (χ0) is 10.3. The molecule has 0 radical (unpaired) electrons. The number of thiocarbonyl (C=S) groups is 1. The summed E-state index contributed by atoms with van der Waals surface area (Å²) in [4.78, 5) is 0. The Labute approximate surface area is 85.4 Å². The van der Waals surface area contributed by atoms with Crippen LogP contribution in [0.4, 0.5) is 0 Å². The number of hydrogen-bond acceptors (Lipinski definition) is 6. The number of ether oxygens (including phenoxy) is 2. The Morgan fingerprint density at radius 3 is 2.71 bits per heavy atom. The molecule has 0 spiro atoms. The largest absolute Gasteiger partial charge is 0.460 e. The van der Waals surface area contributed by atoms with Crippen LogP contribution in [0.5, 0.6) is 0 Å². The van der Waals surface area contributed by atoms with Gasteiger partial charge in [0, 0.05) is 0 Å². The number of rotatable bonds is 1. The number of nitrogens with one attached hydrogen (secondary N) is 1. The summed E-state index contributed by atoms with van der Waals surface area (Å²) in [6.45, 7) is -0.365. The van der Waals surface area contributed by atoms with Crippen molar-refractivity contribution in [2.75, 3.05) is 6.61 Å². The monoisotopic (exact) mass is 221 g/mol. The van der Waals surface area contributed by atoms with Gasteiger partial charge in [0.2, 0.25) is 0 Å². The first-order valence-corrected chi connectivity index (χ1v) is 4.64. The molecule has 2 rings (SSSR count). The molecule has 0 aliphatic carbocycles. The van der Waals surface area contributed by atoms with Gasteiger partial charge in [0.25, 0.3) is 5.17 Å². The average Bonchev–Trinajstić information content (AvgIpc) is 2.52. The molecule has 2 fully saturated rings. The van der Waals surface area contributed by atoms with Crippen LogP contribution in [0.25, 0.3) is 0 Å². The lowest BCUT2D eigenvalue weighted by Crippen LogP contribution is -2.59. The maximum Gasteiger partial charge on any atom is 0.259 e. The van der Waals surface area contributed by atoms with Crippen LogP contribution >= 0.6 is 12.2 Å². The molecule has 5 atom stereocenters. The van der Waals surface area contributed by atoms with Gasteiger partial charge in [-0.15, -0.1) is 0 Å². The van der Waals surface area contributed by atoms with Crippen LogP contribution in [-0.2, 0) is 9.47 Å². The van der Waals surface area contributed by atoms with Crippen LogP contribution in [0.15, 0.2) is 0 Å². The van der Waals surface area contributed by atoms with Crippen molar-refractivity contribution in [2.45, 2.75) is 30.6 Å². The minimum Gasteiger partial charge on any atom is -0.460 e. The van der Waals surface area contributed by atoms with E-state index in [1.807, 2.05) is 0 Å². The van der Waals surface area contributed by atoms with Gasteiger partial charge in [-0.1, -0.05) is 0 Å². The summed E-state index contributed by atoms with van der Waals surface area (Å²) < 4.78 is 10.3. The first kappa shape index (κ1) is 10.1. The molecule has 14 heavy (non-hydrogen) atoms. The van der Waals surface area contributed by atoms with Crippen LogP contribution in [0.2, 0.25) is 0 Å². The Bertz CT molecular complexity index is 250. The summed E-state index contributed by atoms with van der Waals surface area (Å²) in [5.74, 6) is 0. The van der Waals surface area contributed by atoms with Crippen LogP contribution < -0.4 is 5.32 Å². The van der Waals surface area contributed by atoms with Gasteiger partial charge in [0.05, 0.1) is 6.61 Å². The van der Waals surface area contributed by atoms with Crippen molar-refractivity contribution in [1.82, 2.24) is 5.32 Å². The van der Waals surface area contributed by atoms with Crippen molar-refractivity contribution >= 4 is 17.4 Å². The van der Waals surface area contributed by atoms with E-state index in [1.165, 1.54) is 0 Å². The first-order valence-electron chi connectivity index (χ1n) is 4.23. The minimum atomic E-state index is -1.16. The van der Waals surface area contributed by atoms with Gasteiger partial charge in [-0.05, 0) is 12.2 Å². The van der Waals surface area contributed by atoms with Crippen molar-refractivity contribution in [3.8, 4) is 0 Å². The smallest absolute Gasteiger partial charge is 0.259 e. The van der Waals surface area contributed by atoms with E-state index in [2.05, 4.69) is 5.32 Å². The van der Waals surface area contributed by atoms with Gasteiger partial charge in [0.15, 0.2) is 12.3 Å². The summed E-state index contributed by atoms with van der Waals surface area (Å²) in [6.07, 6.45) is -4.40. The minimum absolute atomic E-state index is 0.129. The molecule has 2 aliphatic heterocycles. The van der Waals surface area contributed by atoms with Crippen molar-refractivity contribution in [2.24, 2.45) is 0 Å². The van der Waals surface area contributed by atoms with Gasteiger partial charge in [0.1, 0.15) is 18.3 Å². The van der Waals surface area contributed by atoms with Crippen LogP contribution in [0, 0.1) is 0 Å². The zero-order valence-electron chi connectivity index (χ0n) is 7.16. The van der Waals surface area contributed by atoms with E-state index in [4.69, 9.17) is 26.8 Å². The standard InChI is InChI=1S/C7H11NO5S/c9-1-2-3(10)4(11)5-6(12-2)8-7(14)13-5/h2-6,9-11H,1H2,(H,8,14). The molecule has 2 heterocycles. The second-order valence-corrected chi connectivity index (χ2v) is 3.64. The molecule has 0 bridgehead atoms. The summed E-state index contributed by atoms with van der Waals surface area (Å²) in [5, 5.41) is 30.8. The molecule has 0 aromatic carbocycles. The topological polar surface area (TPSA) is 91.2 Å². The second kappa shape index (κ2) is 3.59. The lowest BCUT2D eigenvalue weighted by molar-refractivity contribution is -0.214. The maximum absolute atomic E-state index is 9.60. The number of fused-ring (bicyclic) bond motifs is 1. The van der Waals surface area contributed by atoms with Crippen molar-refractivity contribution in [3.63, 3.8) is 0 Å². The average molecular weight is 221 g/mol. The third kappa shape index (κ3) is 1.47. The van der Waals surface area contributed by atoms with Crippen LogP contribution in [-0.4, -0.2) is 57.7 Å². The summed E-state index contributed by atoms with van der Waals surface area (Å²) in [5.41, 5.74) is 0. The lowest BCUT2D eigenvalue weighted by Gasteiger charge is -2.37. The summed E-state index contributed by atoms with van der Waals surface area (Å²) in [7, 11) is 0. The molecule has 0 amide bonds. The van der Waals surface area contributed by atoms with Gasteiger partial charge in [-0.25, -0.2) is 0 Å². The molecule has 0 aromatic rings. The highest BCUT2D eigenvalue weighted by Gasteiger charge is 2.49. The van der Waals surface area contributed by atoms with Gasteiger partial charge >= 0.3 is 0 Å². The van der Waals surface area contributed by atoms with Gasteiger partial charge in [-0.2, -0.15) is 0 Å². The summed E-state index contributed by atoms with van der Waals surface area (Å²) >= 11 is 4.73. The predicted octanol–water partition coefficient (Wildman–Crippen LogP) is -2.30. The van der Waals surface area contributed by atoms with E-state index in [-0.39, 0.29) is 11.8 Å². The SMILES string of the molecule is OCC1OC2NC(=S)OC2C(O)C1O. The molecule has 0 saturated carbocycles. The molecule has 0 aromatic heterocycles. The Balaban J connectivity index is 2.13. The molecule has 7 heteroatoms. The number of aliphatic hydroxyl groups is 3. The Morgan fingerprint density at radius 2 is 2.07 bits per heavy atom. The van der Waals surface area contributed by atoms with E-state index >= 15 is 0 Å². The Hall–Kier alpha value is -0.470. The number of aliphatic hydroxyl groups excluding tert-OH is 3. The predicted molar refractivity (Wildman–Crippen MR) is 48.4 cm³/mol. The highest BCUT2D eigenvalue weighted by atomic mass is 32.1. The Kier molecular flexibility index (Phi) is 2.58. The van der Waals surface area contributed by atoms with E-state index in [0.29, 0.717) is 0 Å². The lowest BCUT2D eigenvalue weighted by atomic mass is 9.99. The highest BCUT2D eigenvalue weighted by Crippen LogP contribution is 2.25.